The molecule has 0 aromatic carbocycles. The summed E-state index contributed by atoms with van der Waals surface area (Å²) in [5, 5.41) is 0. The van der Waals surface area contributed by atoms with Crippen molar-refractivity contribution in [3.63, 3.8) is 0 Å². The maximum absolute atomic E-state index is 10.5. The van der Waals surface area contributed by atoms with Gasteiger partial charge < -0.3 is 20.9 Å². The first-order valence-electron chi connectivity index (χ1n) is 8.85. The number of nitrogens with two attached hydrogens (primary N) is 2. The molecule has 2 saturated heterocycles. The number of primary amides is 1. The van der Waals surface area contributed by atoms with Crippen LogP contribution in [0.3, 0.4) is 0 Å². The molecule has 1 saturated carbocycles. The molecule has 0 aromatic heterocycles. The summed E-state index contributed by atoms with van der Waals surface area (Å²) < 4.78 is 10.7. The Hall–Kier alpha value is -0.650. The fourth-order valence-corrected chi connectivity index (χ4v) is 3.47. The van der Waals surface area contributed by atoms with Crippen molar-refractivity contribution >= 4 is 5.91 Å². The number of amides is 1. The van der Waals surface area contributed by atoms with Crippen LogP contribution in [0.5, 0.6) is 0 Å². The van der Waals surface area contributed by atoms with Crippen LogP contribution in [0.2, 0.25) is 0 Å². The second kappa shape index (κ2) is 11.9. The predicted molar refractivity (Wildman–Crippen MR) is 88.4 cm³/mol. The summed E-state index contributed by atoms with van der Waals surface area (Å²) >= 11 is 0. The average molecular weight is 314 g/mol. The molecule has 2 heterocycles. The van der Waals surface area contributed by atoms with Gasteiger partial charge in [0.25, 0.3) is 0 Å². The van der Waals surface area contributed by atoms with Crippen LogP contribution in [0, 0.1) is 5.92 Å². The molecule has 130 valence electrons. The van der Waals surface area contributed by atoms with Crippen molar-refractivity contribution in [2.45, 2.75) is 76.4 Å². The fraction of sp³-hybridized carbons (Fsp3) is 0.941. The summed E-state index contributed by atoms with van der Waals surface area (Å²) in [6.45, 7) is 1.82. The highest BCUT2D eigenvalue weighted by molar-refractivity contribution is 5.73. The van der Waals surface area contributed by atoms with Gasteiger partial charge in [0.15, 0.2) is 0 Å². The molecule has 22 heavy (non-hydrogen) atoms. The summed E-state index contributed by atoms with van der Waals surface area (Å²) in [6.07, 6.45) is 12.9. The standard InChI is InChI=1S/C10H19NO.C6H10O2.CH5N/c11-10(12)8-4-7-9-5-2-1-3-6-9;1-3-7-6-2-4-8-5(1)6;1-2/h9H,1-8H2,(H2,11,12);5-6H,1-4H2;2H2,1H3. The first-order chi connectivity index (χ1) is 10.8. The van der Waals surface area contributed by atoms with Crippen LogP contribution >= 0.6 is 0 Å². The lowest BCUT2D eigenvalue weighted by Gasteiger charge is -2.20. The fourth-order valence-electron chi connectivity index (χ4n) is 3.47. The molecule has 0 bridgehead atoms. The highest BCUT2D eigenvalue weighted by Gasteiger charge is 2.33. The normalized spacial score (nSPS) is 27.2. The molecule has 5 heteroatoms. The minimum atomic E-state index is -0.147. The van der Waals surface area contributed by atoms with E-state index in [0.29, 0.717) is 18.6 Å². The molecule has 2 aliphatic heterocycles. The Morgan fingerprint density at radius 2 is 1.50 bits per heavy atom. The van der Waals surface area contributed by atoms with Crippen LogP contribution in [0.25, 0.3) is 0 Å². The van der Waals surface area contributed by atoms with E-state index in [1.54, 1.807) is 0 Å². The quantitative estimate of drug-likeness (QED) is 0.834. The Morgan fingerprint density at radius 1 is 0.955 bits per heavy atom. The third-order valence-electron chi connectivity index (χ3n) is 4.64. The molecule has 0 aromatic rings. The van der Waals surface area contributed by atoms with Crippen molar-refractivity contribution < 1.29 is 14.3 Å². The van der Waals surface area contributed by atoms with Crippen molar-refractivity contribution in [1.82, 2.24) is 0 Å². The van der Waals surface area contributed by atoms with Gasteiger partial charge in [0, 0.05) is 19.6 Å². The van der Waals surface area contributed by atoms with Gasteiger partial charge in [-0.15, -0.1) is 0 Å². The van der Waals surface area contributed by atoms with E-state index in [4.69, 9.17) is 15.2 Å². The monoisotopic (exact) mass is 314 g/mol. The largest absolute Gasteiger partial charge is 0.375 e. The van der Waals surface area contributed by atoms with Gasteiger partial charge in [-0.25, -0.2) is 0 Å². The zero-order valence-corrected chi connectivity index (χ0v) is 14.1. The topological polar surface area (TPSA) is 87.6 Å². The summed E-state index contributed by atoms with van der Waals surface area (Å²) in [6, 6.07) is 0. The maximum atomic E-state index is 10.5. The van der Waals surface area contributed by atoms with E-state index in [-0.39, 0.29) is 5.91 Å². The molecule has 0 radical (unpaired) electrons. The number of hydrogen-bond acceptors (Lipinski definition) is 4. The third kappa shape index (κ3) is 7.56. The predicted octanol–water partition coefficient (Wildman–Crippen LogP) is 2.36. The van der Waals surface area contributed by atoms with Gasteiger partial charge in [-0.05, 0) is 38.6 Å². The van der Waals surface area contributed by atoms with Gasteiger partial charge in [-0.3, -0.25) is 4.79 Å². The Labute approximate surface area is 135 Å². The lowest BCUT2D eigenvalue weighted by Crippen LogP contribution is -2.13. The van der Waals surface area contributed by atoms with Gasteiger partial charge in [0.2, 0.25) is 5.91 Å². The van der Waals surface area contributed by atoms with Gasteiger partial charge in [0.1, 0.15) is 0 Å². The zero-order chi connectivity index (χ0) is 16.2. The van der Waals surface area contributed by atoms with E-state index >= 15 is 0 Å². The maximum Gasteiger partial charge on any atom is 0.217 e. The molecule has 2 atom stereocenters. The lowest BCUT2D eigenvalue weighted by atomic mass is 9.86. The van der Waals surface area contributed by atoms with Crippen LogP contribution in [0.15, 0.2) is 0 Å². The Kier molecular flexibility index (Phi) is 10.5. The highest BCUT2D eigenvalue weighted by atomic mass is 16.6. The SMILES string of the molecule is C1CC2OCCC2O1.CN.NC(=O)CCCC1CCCCC1. The molecule has 5 nitrogen and oxygen atoms in total. The Morgan fingerprint density at radius 3 is 2.00 bits per heavy atom. The number of hydrogen-bond donors (Lipinski definition) is 2. The molecule has 3 fully saturated rings. The number of carbonyl (C=O) groups excluding carboxylic acids is 1. The third-order valence-corrected chi connectivity index (χ3v) is 4.64. The number of ether oxygens (including phenoxy) is 2. The lowest BCUT2D eigenvalue weighted by molar-refractivity contribution is -0.118. The molecule has 2 unspecified atom stereocenters. The molecule has 3 aliphatic rings. The van der Waals surface area contributed by atoms with E-state index in [9.17, 15) is 4.79 Å². The first kappa shape index (κ1) is 19.4. The van der Waals surface area contributed by atoms with E-state index in [0.717, 1.165) is 38.4 Å². The van der Waals surface area contributed by atoms with Crippen molar-refractivity contribution in [3.05, 3.63) is 0 Å². The van der Waals surface area contributed by atoms with Crippen LogP contribution in [0.1, 0.15) is 64.2 Å². The molecule has 1 amide bonds. The van der Waals surface area contributed by atoms with Crippen LogP contribution in [-0.2, 0) is 14.3 Å². The number of carbonyl (C=O) groups is 1. The van der Waals surface area contributed by atoms with Crippen molar-refractivity contribution in [2.24, 2.45) is 17.4 Å². The van der Waals surface area contributed by atoms with E-state index in [2.05, 4.69) is 5.73 Å². The molecule has 4 N–H and O–H groups in total. The second-order valence-corrected chi connectivity index (χ2v) is 6.26. The Bertz CT molecular complexity index is 274. The van der Waals surface area contributed by atoms with Gasteiger partial charge >= 0.3 is 0 Å². The molecule has 1 aliphatic carbocycles. The number of rotatable bonds is 4. The van der Waals surface area contributed by atoms with Crippen molar-refractivity contribution in [2.75, 3.05) is 20.3 Å². The van der Waals surface area contributed by atoms with E-state index in [1.807, 2.05) is 0 Å². The average Bonchev–Trinajstić information content (AvgIpc) is 3.15. The molecular weight excluding hydrogens is 280 g/mol. The molecule has 0 spiro atoms. The summed E-state index contributed by atoms with van der Waals surface area (Å²) in [5.74, 6) is 0.740. The van der Waals surface area contributed by atoms with Gasteiger partial charge in [0.05, 0.1) is 12.2 Å². The van der Waals surface area contributed by atoms with Gasteiger partial charge in [-0.2, -0.15) is 0 Å². The van der Waals surface area contributed by atoms with Crippen LogP contribution < -0.4 is 11.5 Å². The summed E-state index contributed by atoms with van der Waals surface area (Å²) in [5.41, 5.74) is 9.57. The van der Waals surface area contributed by atoms with E-state index < -0.39 is 0 Å². The van der Waals surface area contributed by atoms with Crippen molar-refractivity contribution in [3.8, 4) is 0 Å². The highest BCUT2D eigenvalue weighted by Crippen LogP contribution is 2.27. The molecular formula is C17H34N2O3. The van der Waals surface area contributed by atoms with Crippen molar-refractivity contribution in [1.29, 1.82) is 0 Å². The minimum absolute atomic E-state index is 0.147. The smallest absolute Gasteiger partial charge is 0.217 e. The summed E-state index contributed by atoms with van der Waals surface area (Å²) in [4.78, 5) is 10.5. The summed E-state index contributed by atoms with van der Waals surface area (Å²) in [7, 11) is 1.50. The Balaban J connectivity index is 0.000000208. The van der Waals surface area contributed by atoms with Gasteiger partial charge in [-0.1, -0.05) is 32.1 Å². The second-order valence-electron chi connectivity index (χ2n) is 6.26. The van der Waals surface area contributed by atoms with Crippen LogP contribution in [0.4, 0.5) is 0 Å². The molecule has 3 rings (SSSR count). The zero-order valence-electron chi connectivity index (χ0n) is 14.1. The number of fused-ring (bicyclic) bond motifs is 1. The minimum Gasteiger partial charge on any atom is -0.375 e. The van der Waals surface area contributed by atoms with E-state index in [1.165, 1.54) is 45.6 Å². The first-order valence-corrected chi connectivity index (χ1v) is 8.85. The van der Waals surface area contributed by atoms with Crippen LogP contribution in [-0.4, -0.2) is 38.4 Å².